The number of rotatable bonds is 2. The topological polar surface area (TPSA) is 38.9 Å². The third kappa shape index (κ3) is 1.78. The van der Waals surface area contributed by atoms with E-state index in [1.165, 1.54) is 6.20 Å². The summed E-state index contributed by atoms with van der Waals surface area (Å²) in [6, 6.07) is 0. The van der Waals surface area contributed by atoms with Crippen LogP contribution in [0.1, 0.15) is 17.6 Å². The third-order valence-electron chi connectivity index (χ3n) is 1.43. The summed E-state index contributed by atoms with van der Waals surface area (Å²) < 4.78 is 24.8. The Hall–Kier alpha value is -0.550. The minimum absolute atomic E-state index is 0.113. The smallest absolute Gasteiger partial charge is 0.266 e. The Bertz CT molecular complexity index is 278. The number of aromatic nitrogens is 1. The molecule has 2 nitrogen and oxygen atoms in total. The molecule has 12 heavy (non-hydrogen) atoms. The molecular weight excluding hydrogens is 230 g/mol. The summed E-state index contributed by atoms with van der Waals surface area (Å²) in [7, 11) is 0. The molecule has 0 bridgehead atoms. The van der Waals surface area contributed by atoms with Gasteiger partial charge in [0.05, 0.1) is 5.56 Å². The predicted octanol–water partition coefficient (Wildman–Crippen LogP) is 2.24. The first-order chi connectivity index (χ1) is 5.66. The minimum Gasteiger partial charge on any atom is -0.326 e. The van der Waals surface area contributed by atoms with Crippen molar-refractivity contribution in [3.63, 3.8) is 0 Å². The highest BCUT2D eigenvalue weighted by molar-refractivity contribution is 9.10. The molecule has 0 saturated heterocycles. The molecular formula is C7H7BrF2N2. The Morgan fingerprint density at radius 2 is 2.17 bits per heavy atom. The molecule has 2 N–H and O–H groups in total. The second-order valence-corrected chi connectivity index (χ2v) is 3.00. The number of alkyl halides is 2. The molecule has 1 aromatic rings. The Labute approximate surface area is 76.9 Å². The Morgan fingerprint density at radius 3 is 2.67 bits per heavy atom. The molecule has 0 aliphatic rings. The van der Waals surface area contributed by atoms with Crippen molar-refractivity contribution in [1.82, 2.24) is 4.98 Å². The van der Waals surface area contributed by atoms with Crippen LogP contribution < -0.4 is 5.73 Å². The van der Waals surface area contributed by atoms with Gasteiger partial charge < -0.3 is 5.73 Å². The van der Waals surface area contributed by atoms with Crippen LogP contribution in [0.5, 0.6) is 0 Å². The summed E-state index contributed by atoms with van der Waals surface area (Å²) in [6.07, 6.45) is 0.0857. The van der Waals surface area contributed by atoms with Gasteiger partial charge >= 0.3 is 0 Å². The van der Waals surface area contributed by atoms with Gasteiger partial charge in [-0.3, -0.25) is 4.98 Å². The summed E-state index contributed by atoms with van der Waals surface area (Å²) in [5, 5.41) is 0. The van der Waals surface area contributed by atoms with E-state index in [-0.39, 0.29) is 12.1 Å². The quantitative estimate of drug-likeness (QED) is 0.856. The molecule has 0 aromatic carbocycles. The molecule has 0 radical (unpaired) electrons. The fourth-order valence-corrected chi connectivity index (χ4v) is 1.34. The van der Waals surface area contributed by atoms with Crippen LogP contribution in [0.25, 0.3) is 0 Å². The van der Waals surface area contributed by atoms with Crippen molar-refractivity contribution in [1.29, 1.82) is 0 Å². The van der Waals surface area contributed by atoms with E-state index >= 15 is 0 Å². The summed E-state index contributed by atoms with van der Waals surface area (Å²) in [6.45, 7) is 0.203. The van der Waals surface area contributed by atoms with Gasteiger partial charge in [-0.05, 0) is 21.5 Å². The number of nitrogens with two attached hydrogens (primary N) is 1. The van der Waals surface area contributed by atoms with Crippen molar-refractivity contribution < 1.29 is 8.78 Å². The lowest BCUT2D eigenvalue weighted by molar-refractivity contribution is 0.150. The molecule has 0 unspecified atom stereocenters. The maximum absolute atomic E-state index is 12.2. The van der Waals surface area contributed by atoms with Crippen LogP contribution in [0.4, 0.5) is 8.78 Å². The van der Waals surface area contributed by atoms with Crippen LogP contribution in [0.2, 0.25) is 0 Å². The summed E-state index contributed by atoms with van der Waals surface area (Å²) in [5.74, 6) is 0. The zero-order valence-corrected chi connectivity index (χ0v) is 7.68. The van der Waals surface area contributed by atoms with Gasteiger partial charge in [-0.15, -0.1) is 0 Å². The zero-order chi connectivity index (χ0) is 9.14. The first-order valence-corrected chi connectivity index (χ1v) is 4.06. The maximum atomic E-state index is 12.2. The average Bonchev–Trinajstić information content (AvgIpc) is 2.04. The van der Waals surface area contributed by atoms with Gasteiger partial charge in [0, 0.05) is 23.4 Å². The number of pyridine rings is 1. The Morgan fingerprint density at radius 1 is 1.50 bits per heavy atom. The first-order valence-electron chi connectivity index (χ1n) is 3.27. The minimum atomic E-state index is -2.52. The molecule has 0 amide bonds. The zero-order valence-electron chi connectivity index (χ0n) is 6.10. The van der Waals surface area contributed by atoms with E-state index in [4.69, 9.17) is 5.73 Å². The first kappa shape index (κ1) is 9.54. The van der Waals surface area contributed by atoms with Crippen LogP contribution in [0, 0.1) is 0 Å². The molecule has 1 rings (SSSR count). The lowest BCUT2D eigenvalue weighted by Gasteiger charge is -2.05. The highest BCUT2D eigenvalue weighted by Gasteiger charge is 2.13. The van der Waals surface area contributed by atoms with Gasteiger partial charge in [0.1, 0.15) is 0 Å². The fraction of sp³-hybridized carbons (Fsp3) is 0.286. The summed E-state index contributed by atoms with van der Waals surface area (Å²) >= 11 is 3.04. The van der Waals surface area contributed by atoms with E-state index in [1.807, 2.05) is 0 Å². The maximum Gasteiger partial charge on any atom is 0.266 e. The normalized spacial score (nSPS) is 10.8. The van der Waals surface area contributed by atoms with E-state index in [9.17, 15) is 8.78 Å². The molecule has 1 heterocycles. The van der Waals surface area contributed by atoms with E-state index in [2.05, 4.69) is 20.9 Å². The highest BCUT2D eigenvalue weighted by atomic mass is 79.9. The van der Waals surface area contributed by atoms with E-state index in [0.29, 0.717) is 10.0 Å². The Balaban J connectivity index is 3.14. The molecule has 0 atom stereocenters. The van der Waals surface area contributed by atoms with E-state index in [1.54, 1.807) is 0 Å². The van der Waals surface area contributed by atoms with Crippen molar-refractivity contribution in [3.8, 4) is 0 Å². The van der Waals surface area contributed by atoms with Gasteiger partial charge in [0.2, 0.25) is 0 Å². The molecule has 66 valence electrons. The molecule has 0 saturated carbocycles. The van der Waals surface area contributed by atoms with Gasteiger partial charge in [-0.25, -0.2) is 8.78 Å². The van der Waals surface area contributed by atoms with Crippen LogP contribution >= 0.6 is 15.9 Å². The summed E-state index contributed by atoms with van der Waals surface area (Å²) in [4.78, 5) is 3.65. The predicted molar refractivity (Wildman–Crippen MR) is 44.8 cm³/mol. The van der Waals surface area contributed by atoms with Gasteiger partial charge in [-0.1, -0.05) is 0 Å². The second kappa shape index (κ2) is 3.91. The Kier molecular flexibility index (Phi) is 3.11. The molecule has 0 spiro atoms. The van der Waals surface area contributed by atoms with Crippen molar-refractivity contribution >= 4 is 15.9 Å². The SMILES string of the molecule is NCc1cncc(C(F)F)c1Br. The van der Waals surface area contributed by atoms with Crippen molar-refractivity contribution in [3.05, 3.63) is 28.0 Å². The van der Waals surface area contributed by atoms with Crippen molar-refractivity contribution in [2.24, 2.45) is 5.73 Å². The van der Waals surface area contributed by atoms with Crippen LogP contribution in [0.15, 0.2) is 16.9 Å². The van der Waals surface area contributed by atoms with Gasteiger partial charge in [-0.2, -0.15) is 0 Å². The van der Waals surface area contributed by atoms with Gasteiger partial charge in [0.15, 0.2) is 0 Å². The third-order valence-corrected chi connectivity index (χ3v) is 2.40. The van der Waals surface area contributed by atoms with Crippen LogP contribution in [-0.2, 0) is 6.54 Å². The van der Waals surface area contributed by atoms with Crippen LogP contribution in [-0.4, -0.2) is 4.98 Å². The molecule has 0 aliphatic heterocycles. The fourth-order valence-electron chi connectivity index (χ4n) is 0.801. The number of hydrogen-bond donors (Lipinski definition) is 1. The van der Waals surface area contributed by atoms with Crippen molar-refractivity contribution in [2.45, 2.75) is 13.0 Å². The largest absolute Gasteiger partial charge is 0.326 e. The second-order valence-electron chi connectivity index (χ2n) is 2.21. The number of halogens is 3. The van der Waals surface area contributed by atoms with E-state index in [0.717, 1.165) is 6.20 Å². The lowest BCUT2D eigenvalue weighted by atomic mass is 10.2. The van der Waals surface area contributed by atoms with Crippen molar-refractivity contribution in [2.75, 3.05) is 0 Å². The molecule has 1 aromatic heterocycles. The van der Waals surface area contributed by atoms with Crippen LogP contribution in [0.3, 0.4) is 0 Å². The van der Waals surface area contributed by atoms with E-state index < -0.39 is 6.43 Å². The summed E-state index contributed by atoms with van der Waals surface area (Å²) in [5.41, 5.74) is 5.78. The average molecular weight is 237 g/mol. The number of hydrogen-bond acceptors (Lipinski definition) is 2. The molecule has 0 fully saturated rings. The lowest BCUT2D eigenvalue weighted by Crippen LogP contribution is -2.01. The molecule has 0 aliphatic carbocycles. The number of nitrogens with zero attached hydrogens (tertiary/aromatic N) is 1. The van der Waals surface area contributed by atoms with Gasteiger partial charge in [0.25, 0.3) is 6.43 Å². The highest BCUT2D eigenvalue weighted by Crippen LogP contribution is 2.28. The standard InChI is InChI=1S/C7H7BrF2N2/c8-6-4(1-11)2-12-3-5(6)7(9)10/h2-3,7H,1,11H2. The monoisotopic (exact) mass is 236 g/mol. The molecule has 5 heteroatoms.